The highest BCUT2D eigenvalue weighted by molar-refractivity contribution is 6.01. The zero-order valence-corrected chi connectivity index (χ0v) is 10.1. The van der Waals surface area contributed by atoms with E-state index in [9.17, 15) is 4.79 Å². The highest BCUT2D eigenvalue weighted by Crippen LogP contribution is 2.39. The van der Waals surface area contributed by atoms with Gasteiger partial charge in [0, 0.05) is 12.5 Å². The quantitative estimate of drug-likeness (QED) is 0.706. The second-order valence-corrected chi connectivity index (χ2v) is 4.24. The summed E-state index contributed by atoms with van der Waals surface area (Å²) < 4.78 is 5.76. The van der Waals surface area contributed by atoms with Gasteiger partial charge in [0.25, 0.3) is 0 Å². The second kappa shape index (κ2) is 4.18. The minimum atomic E-state index is -0.0135. The zero-order valence-electron chi connectivity index (χ0n) is 10.1. The van der Waals surface area contributed by atoms with E-state index in [1.165, 1.54) is 0 Å². The predicted molar refractivity (Wildman–Crippen MR) is 70.0 cm³/mol. The molecule has 0 saturated carbocycles. The van der Waals surface area contributed by atoms with Gasteiger partial charge in [0.1, 0.15) is 12.4 Å². The molecule has 0 fully saturated rings. The van der Waals surface area contributed by atoms with Crippen LogP contribution in [0.15, 0.2) is 48.5 Å². The van der Waals surface area contributed by atoms with Gasteiger partial charge < -0.3 is 4.74 Å². The Balaban J connectivity index is 2.24. The van der Waals surface area contributed by atoms with Crippen molar-refractivity contribution in [1.82, 2.24) is 0 Å². The van der Waals surface area contributed by atoms with Crippen molar-refractivity contribution in [2.45, 2.75) is 13.5 Å². The maximum Gasteiger partial charge on any atom is 0.228 e. The summed E-state index contributed by atoms with van der Waals surface area (Å²) in [6, 6.07) is 15.4. The van der Waals surface area contributed by atoms with E-state index in [4.69, 9.17) is 4.74 Å². The van der Waals surface area contributed by atoms with Crippen LogP contribution >= 0.6 is 0 Å². The number of hydrogen-bond donors (Lipinski definition) is 0. The molecule has 1 aliphatic rings. The summed E-state index contributed by atoms with van der Waals surface area (Å²) in [6.45, 7) is 2.05. The molecule has 0 spiro atoms. The monoisotopic (exact) mass is 239 g/mol. The van der Waals surface area contributed by atoms with E-state index in [0.717, 1.165) is 22.7 Å². The van der Waals surface area contributed by atoms with Crippen LogP contribution in [0, 0.1) is 0 Å². The normalized spacial score (nSPS) is 13.1. The van der Waals surface area contributed by atoms with Gasteiger partial charge in [-0.25, -0.2) is 0 Å². The number of benzene rings is 2. The Bertz CT molecular complexity index is 559. The number of carbonyl (C=O) groups excluding carboxylic acids is 1. The van der Waals surface area contributed by atoms with E-state index >= 15 is 0 Å². The highest BCUT2D eigenvalue weighted by Gasteiger charge is 2.23. The predicted octanol–water partition coefficient (Wildman–Crippen LogP) is 3.26. The number of rotatable bonds is 0. The van der Waals surface area contributed by atoms with Crippen molar-refractivity contribution in [3.05, 3.63) is 54.1 Å². The van der Waals surface area contributed by atoms with Crippen LogP contribution in [0.4, 0.5) is 11.4 Å². The second-order valence-electron chi connectivity index (χ2n) is 4.24. The molecule has 1 heterocycles. The molecule has 3 rings (SSSR count). The Kier molecular flexibility index (Phi) is 2.52. The number of fused-ring (bicyclic) bond motifs is 2. The molecule has 0 N–H and O–H groups in total. The molecule has 0 radical (unpaired) electrons. The summed E-state index contributed by atoms with van der Waals surface area (Å²) in [5, 5.41) is 0. The summed E-state index contributed by atoms with van der Waals surface area (Å²) in [4.78, 5) is 13.7. The summed E-state index contributed by atoms with van der Waals surface area (Å²) in [5.41, 5.74) is 2.72. The van der Waals surface area contributed by atoms with Gasteiger partial charge in [-0.15, -0.1) is 0 Å². The fourth-order valence-electron chi connectivity index (χ4n) is 2.24. The van der Waals surface area contributed by atoms with E-state index in [1.807, 2.05) is 48.5 Å². The molecule has 18 heavy (non-hydrogen) atoms. The third kappa shape index (κ3) is 1.64. The lowest BCUT2D eigenvalue weighted by Crippen LogP contribution is -2.22. The highest BCUT2D eigenvalue weighted by atomic mass is 16.5. The number of carbonyl (C=O) groups is 1. The molecule has 3 nitrogen and oxygen atoms in total. The van der Waals surface area contributed by atoms with Crippen molar-refractivity contribution < 1.29 is 9.53 Å². The Morgan fingerprint density at radius 1 is 1.06 bits per heavy atom. The molecule has 2 aromatic rings. The van der Waals surface area contributed by atoms with E-state index in [1.54, 1.807) is 11.8 Å². The van der Waals surface area contributed by atoms with E-state index in [2.05, 4.69) is 0 Å². The third-order valence-corrected chi connectivity index (χ3v) is 3.04. The van der Waals surface area contributed by atoms with Crippen molar-refractivity contribution in [2.24, 2.45) is 0 Å². The summed E-state index contributed by atoms with van der Waals surface area (Å²) in [7, 11) is 0. The number of nitrogens with zero attached hydrogens (tertiary/aromatic N) is 1. The van der Waals surface area contributed by atoms with Gasteiger partial charge in [-0.3, -0.25) is 9.69 Å². The Labute approximate surface area is 106 Å². The average Bonchev–Trinajstić information content (AvgIpc) is 2.55. The molecule has 1 aliphatic heterocycles. The molecular formula is C15H13NO2. The summed E-state index contributed by atoms with van der Waals surface area (Å²) in [5.74, 6) is 0.726. The van der Waals surface area contributed by atoms with Crippen molar-refractivity contribution in [1.29, 1.82) is 0 Å². The van der Waals surface area contributed by atoms with Gasteiger partial charge in [0.05, 0.1) is 11.4 Å². The topological polar surface area (TPSA) is 29.5 Å². The van der Waals surface area contributed by atoms with Crippen molar-refractivity contribution in [3.8, 4) is 5.75 Å². The molecule has 0 atom stereocenters. The van der Waals surface area contributed by atoms with E-state index in [0.29, 0.717) is 6.61 Å². The first-order valence-corrected chi connectivity index (χ1v) is 5.88. The van der Waals surface area contributed by atoms with Crippen LogP contribution in [-0.2, 0) is 11.4 Å². The third-order valence-electron chi connectivity index (χ3n) is 3.04. The standard InChI is InChI=1S/C15H13NO2/c1-11(17)16-13-7-3-2-6-12(13)10-18-15-9-5-4-8-14(15)16/h2-9H,10H2,1H3. The molecule has 0 bridgehead atoms. The zero-order chi connectivity index (χ0) is 12.5. The first-order chi connectivity index (χ1) is 8.77. The van der Waals surface area contributed by atoms with Gasteiger partial charge in [0.2, 0.25) is 5.91 Å². The maximum absolute atomic E-state index is 11.9. The van der Waals surface area contributed by atoms with Crippen LogP contribution in [0.25, 0.3) is 0 Å². The van der Waals surface area contributed by atoms with Gasteiger partial charge in [-0.1, -0.05) is 30.3 Å². The van der Waals surface area contributed by atoms with Crippen LogP contribution in [0.5, 0.6) is 5.75 Å². The maximum atomic E-state index is 11.9. The molecule has 3 heteroatoms. The van der Waals surface area contributed by atoms with Crippen LogP contribution in [-0.4, -0.2) is 5.91 Å². The molecule has 0 unspecified atom stereocenters. The molecule has 1 amide bonds. The Morgan fingerprint density at radius 2 is 1.72 bits per heavy atom. The van der Waals surface area contributed by atoms with Gasteiger partial charge in [0.15, 0.2) is 0 Å². The lowest BCUT2D eigenvalue weighted by molar-refractivity contribution is -0.115. The molecule has 90 valence electrons. The Hall–Kier alpha value is -2.29. The van der Waals surface area contributed by atoms with Crippen molar-refractivity contribution in [2.75, 3.05) is 4.90 Å². The Morgan fingerprint density at radius 3 is 2.50 bits per heavy atom. The average molecular weight is 239 g/mol. The molecular weight excluding hydrogens is 226 g/mol. The van der Waals surface area contributed by atoms with Crippen molar-refractivity contribution in [3.63, 3.8) is 0 Å². The van der Waals surface area contributed by atoms with Crippen LogP contribution in [0.2, 0.25) is 0 Å². The molecule has 0 aliphatic carbocycles. The SMILES string of the molecule is CC(=O)N1c2ccccc2COc2ccccc21. The van der Waals surface area contributed by atoms with Gasteiger partial charge in [-0.2, -0.15) is 0 Å². The van der Waals surface area contributed by atoms with Crippen LogP contribution in [0.1, 0.15) is 12.5 Å². The minimum Gasteiger partial charge on any atom is -0.487 e. The first kappa shape index (κ1) is 10.8. The summed E-state index contributed by atoms with van der Waals surface area (Å²) in [6.07, 6.45) is 0. The van der Waals surface area contributed by atoms with E-state index in [-0.39, 0.29) is 5.91 Å². The number of anilines is 2. The fourth-order valence-corrected chi connectivity index (χ4v) is 2.24. The van der Waals surface area contributed by atoms with Gasteiger partial charge in [-0.05, 0) is 18.2 Å². The smallest absolute Gasteiger partial charge is 0.228 e. The molecule has 2 aromatic carbocycles. The lowest BCUT2D eigenvalue weighted by Gasteiger charge is -2.21. The molecule has 0 aromatic heterocycles. The van der Waals surface area contributed by atoms with E-state index < -0.39 is 0 Å². The number of ether oxygens (including phenoxy) is 1. The number of para-hydroxylation sites is 3. The van der Waals surface area contributed by atoms with Crippen LogP contribution in [0.3, 0.4) is 0 Å². The first-order valence-electron chi connectivity index (χ1n) is 5.88. The van der Waals surface area contributed by atoms with Crippen molar-refractivity contribution >= 4 is 17.3 Å². The molecule has 0 saturated heterocycles. The fraction of sp³-hybridized carbons (Fsp3) is 0.133. The van der Waals surface area contributed by atoms with Gasteiger partial charge >= 0.3 is 0 Å². The lowest BCUT2D eigenvalue weighted by atomic mass is 10.1. The van der Waals surface area contributed by atoms with Crippen LogP contribution < -0.4 is 9.64 Å². The number of amides is 1. The summed E-state index contributed by atoms with van der Waals surface area (Å²) >= 11 is 0. The largest absolute Gasteiger partial charge is 0.487 e. The minimum absolute atomic E-state index is 0.0135. The number of hydrogen-bond acceptors (Lipinski definition) is 2.